The molecule has 4 aromatic rings. The van der Waals surface area contributed by atoms with E-state index in [4.69, 9.17) is 13.7 Å². The van der Waals surface area contributed by atoms with Crippen LogP contribution in [0.4, 0.5) is 5.69 Å². The first-order valence-corrected chi connectivity index (χ1v) is 9.01. The second-order valence-electron chi connectivity index (χ2n) is 6.28. The van der Waals surface area contributed by atoms with Crippen LogP contribution in [-0.2, 0) is 0 Å². The number of carbonyl (C=O) groups is 1. The maximum absolute atomic E-state index is 13.1. The number of aryl methyl sites for hydroxylation is 1. The topological polar surface area (TPSA) is 90.4 Å². The normalized spacial score (nSPS) is 10.9. The van der Waals surface area contributed by atoms with Gasteiger partial charge in [-0.2, -0.15) is 0 Å². The highest BCUT2D eigenvalue weighted by atomic mass is 16.5. The molecule has 0 saturated carbocycles. The summed E-state index contributed by atoms with van der Waals surface area (Å²) in [6.07, 6.45) is 2.42. The Morgan fingerprint density at radius 3 is 2.86 bits per heavy atom. The molecule has 1 aromatic carbocycles. The summed E-state index contributed by atoms with van der Waals surface area (Å²) in [6.45, 7) is 4.37. The van der Waals surface area contributed by atoms with Gasteiger partial charge in [-0.3, -0.25) is 4.79 Å². The standard InChI is InChI=1S/C21H19N3O4/c1-3-10-26-17-8-5-4-7-15(17)22-20(25)14-12-16(18-9-6-11-27-18)23-21-19(14)13(2)24-28-21/h4-9,11-12H,3,10H2,1-2H3,(H,22,25). The van der Waals surface area contributed by atoms with Crippen molar-refractivity contribution in [2.75, 3.05) is 11.9 Å². The lowest BCUT2D eigenvalue weighted by Crippen LogP contribution is -2.14. The van der Waals surface area contributed by atoms with Crippen molar-refractivity contribution in [1.29, 1.82) is 0 Å². The van der Waals surface area contributed by atoms with Gasteiger partial charge in [0, 0.05) is 0 Å². The summed E-state index contributed by atoms with van der Waals surface area (Å²) < 4.78 is 16.4. The minimum atomic E-state index is -0.306. The van der Waals surface area contributed by atoms with Crippen LogP contribution in [0.5, 0.6) is 5.75 Å². The van der Waals surface area contributed by atoms with Crippen molar-refractivity contribution < 1.29 is 18.5 Å². The minimum absolute atomic E-state index is 0.284. The van der Waals surface area contributed by atoms with Crippen molar-refractivity contribution in [3.05, 3.63) is 60.0 Å². The Balaban J connectivity index is 1.74. The zero-order chi connectivity index (χ0) is 19.5. The predicted octanol–water partition coefficient (Wildman–Crippen LogP) is 4.83. The predicted molar refractivity (Wildman–Crippen MR) is 104 cm³/mol. The first-order chi connectivity index (χ1) is 13.7. The van der Waals surface area contributed by atoms with Crippen molar-refractivity contribution in [2.45, 2.75) is 20.3 Å². The van der Waals surface area contributed by atoms with Crippen LogP contribution >= 0.6 is 0 Å². The number of furan rings is 1. The van der Waals surface area contributed by atoms with E-state index in [1.54, 1.807) is 37.5 Å². The second-order valence-corrected chi connectivity index (χ2v) is 6.28. The molecule has 0 aliphatic heterocycles. The van der Waals surface area contributed by atoms with Gasteiger partial charge in [-0.05, 0) is 43.7 Å². The first kappa shape index (κ1) is 17.8. The van der Waals surface area contributed by atoms with Gasteiger partial charge in [0.2, 0.25) is 0 Å². The summed E-state index contributed by atoms with van der Waals surface area (Å²) in [6, 6.07) is 12.5. The summed E-state index contributed by atoms with van der Waals surface area (Å²) >= 11 is 0. The van der Waals surface area contributed by atoms with E-state index in [0.717, 1.165) is 6.42 Å². The molecule has 0 aliphatic rings. The number of nitrogens with zero attached hydrogens (tertiary/aromatic N) is 2. The first-order valence-electron chi connectivity index (χ1n) is 9.01. The van der Waals surface area contributed by atoms with E-state index >= 15 is 0 Å². The summed E-state index contributed by atoms with van der Waals surface area (Å²) in [4.78, 5) is 17.6. The van der Waals surface area contributed by atoms with Crippen LogP contribution in [0.15, 0.2) is 57.7 Å². The van der Waals surface area contributed by atoms with Crippen LogP contribution in [0.25, 0.3) is 22.6 Å². The van der Waals surface area contributed by atoms with Gasteiger partial charge in [-0.25, -0.2) is 4.98 Å². The zero-order valence-electron chi connectivity index (χ0n) is 15.6. The van der Waals surface area contributed by atoms with E-state index < -0.39 is 0 Å². The molecule has 142 valence electrons. The number of fused-ring (bicyclic) bond motifs is 1. The number of carbonyl (C=O) groups excluding carboxylic acids is 1. The van der Waals surface area contributed by atoms with Crippen molar-refractivity contribution in [3.63, 3.8) is 0 Å². The fourth-order valence-corrected chi connectivity index (χ4v) is 2.92. The van der Waals surface area contributed by atoms with Gasteiger partial charge in [0.25, 0.3) is 11.6 Å². The maximum Gasteiger partial charge on any atom is 0.259 e. The molecular weight excluding hydrogens is 358 g/mol. The molecule has 3 heterocycles. The average Bonchev–Trinajstić information content (AvgIpc) is 3.37. The van der Waals surface area contributed by atoms with Crippen LogP contribution < -0.4 is 10.1 Å². The van der Waals surface area contributed by atoms with Crippen LogP contribution in [0.2, 0.25) is 0 Å². The van der Waals surface area contributed by atoms with Crippen molar-refractivity contribution in [3.8, 4) is 17.2 Å². The van der Waals surface area contributed by atoms with E-state index in [-0.39, 0.29) is 11.6 Å². The lowest BCUT2D eigenvalue weighted by Gasteiger charge is -2.12. The molecule has 0 atom stereocenters. The Kier molecular flexibility index (Phi) is 4.80. The van der Waals surface area contributed by atoms with Crippen molar-refractivity contribution in [2.24, 2.45) is 0 Å². The van der Waals surface area contributed by atoms with E-state index in [9.17, 15) is 4.79 Å². The quantitative estimate of drug-likeness (QED) is 0.517. The molecule has 3 aromatic heterocycles. The van der Waals surface area contributed by atoms with Gasteiger partial charge in [0.1, 0.15) is 11.4 Å². The zero-order valence-corrected chi connectivity index (χ0v) is 15.6. The molecule has 0 radical (unpaired) electrons. The molecule has 4 rings (SSSR count). The summed E-state index contributed by atoms with van der Waals surface area (Å²) in [5.41, 5.74) is 2.37. The lowest BCUT2D eigenvalue weighted by atomic mass is 10.1. The number of hydrogen-bond donors (Lipinski definition) is 1. The molecule has 0 saturated heterocycles. The van der Waals surface area contributed by atoms with Gasteiger partial charge in [0.05, 0.1) is 35.2 Å². The monoisotopic (exact) mass is 377 g/mol. The number of aromatic nitrogens is 2. The second kappa shape index (κ2) is 7.56. The number of hydrogen-bond acceptors (Lipinski definition) is 6. The number of benzene rings is 1. The molecule has 0 spiro atoms. The minimum Gasteiger partial charge on any atom is -0.491 e. The third-order valence-electron chi connectivity index (χ3n) is 4.23. The summed E-state index contributed by atoms with van der Waals surface area (Å²) in [5.74, 6) is 0.854. The third-order valence-corrected chi connectivity index (χ3v) is 4.23. The van der Waals surface area contributed by atoms with E-state index in [1.807, 2.05) is 25.1 Å². The van der Waals surface area contributed by atoms with E-state index in [2.05, 4.69) is 15.5 Å². The molecule has 1 amide bonds. The highest BCUT2D eigenvalue weighted by Gasteiger charge is 2.21. The van der Waals surface area contributed by atoms with Crippen LogP contribution in [0.3, 0.4) is 0 Å². The van der Waals surface area contributed by atoms with Gasteiger partial charge < -0.3 is 19.0 Å². The molecule has 0 aliphatic carbocycles. The number of pyridine rings is 1. The van der Waals surface area contributed by atoms with Gasteiger partial charge in [-0.15, -0.1) is 0 Å². The number of rotatable bonds is 6. The Bertz CT molecular complexity index is 1120. The van der Waals surface area contributed by atoms with Gasteiger partial charge in [-0.1, -0.05) is 24.2 Å². The molecule has 7 nitrogen and oxygen atoms in total. The Labute approximate surface area is 161 Å². The third kappa shape index (κ3) is 3.34. The number of anilines is 1. The molecular formula is C21H19N3O4. The van der Waals surface area contributed by atoms with Crippen LogP contribution in [-0.4, -0.2) is 22.7 Å². The molecule has 0 bridgehead atoms. The molecule has 28 heavy (non-hydrogen) atoms. The number of ether oxygens (including phenoxy) is 1. The fourth-order valence-electron chi connectivity index (χ4n) is 2.92. The highest BCUT2D eigenvalue weighted by molar-refractivity contribution is 6.13. The van der Waals surface area contributed by atoms with Gasteiger partial charge in [0.15, 0.2) is 5.76 Å². The average molecular weight is 377 g/mol. The van der Waals surface area contributed by atoms with E-state index in [1.165, 1.54) is 0 Å². The fraction of sp³-hybridized carbons (Fsp3) is 0.190. The maximum atomic E-state index is 13.1. The van der Waals surface area contributed by atoms with E-state index in [0.29, 0.717) is 46.1 Å². The van der Waals surface area contributed by atoms with Gasteiger partial charge >= 0.3 is 0 Å². The SMILES string of the molecule is CCCOc1ccccc1NC(=O)c1cc(-c2ccco2)nc2onc(C)c12. The highest BCUT2D eigenvalue weighted by Crippen LogP contribution is 2.29. The Hall–Kier alpha value is -3.61. The largest absolute Gasteiger partial charge is 0.491 e. The smallest absolute Gasteiger partial charge is 0.259 e. The number of para-hydroxylation sites is 2. The number of nitrogens with one attached hydrogen (secondary N) is 1. The molecule has 7 heteroatoms. The molecule has 0 fully saturated rings. The lowest BCUT2D eigenvalue weighted by molar-refractivity contribution is 0.102. The van der Waals surface area contributed by atoms with Crippen LogP contribution in [0.1, 0.15) is 29.4 Å². The summed E-state index contributed by atoms with van der Waals surface area (Å²) in [5, 5.41) is 7.45. The molecule has 0 unspecified atom stereocenters. The molecule has 1 N–H and O–H groups in total. The van der Waals surface area contributed by atoms with Crippen molar-refractivity contribution in [1.82, 2.24) is 10.1 Å². The number of amides is 1. The van der Waals surface area contributed by atoms with Crippen LogP contribution in [0, 0.1) is 6.92 Å². The Morgan fingerprint density at radius 1 is 1.21 bits per heavy atom. The Morgan fingerprint density at radius 2 is 2.07 bits per heavy atom. The van der Waals surface area contributed by atoms with Crippen molar-refractivity contribution >= 4 is 22.7 Å². The summed E-state index contributed by atoms with van der Waals surface area (Å²) in [7, 11) is 0.